The Bertz CT molecular complexity index is 630. The number of rotatable bonds is 5. The molecule has 0 spiro atoms. The Morgan fingerprint density at radius 2 is 1.75 bits per heavy atom. The van der Waals surface area contributed by atoms with Crippen molar-refractivity contribution in [3.63, 3.8) is 0 Å². The van der Waals surface area contributed by atoms with Gasteiger partial charge in [0.25, 0.3) is 0 Å². The predicted molar refractivity (Wildman–Crippen MR) is 76.4 cm³/mol. The van der Waals surface area contributed by atoms with E-state index in [4.69, 9.17) is 18.9 Å². The SMILES string of the molecule is CC(=O)OC[C@H]1O[C@@H](n2cnc(C)n2)[C@H](OC(C)=O)[C@@H]1OC(C)=O. The van der Waals surface area contributed by atoms with E-state index in [0.29, 0.717) is 5.82 Å². The maximum absolute atomic E-state index is 11.4. The molecule has 132 valence electrons. The molecule has 0 aromatic carbocycles. The molecule has 0 bridgehead atoms. The van der Waals surface area contributed by atoms with E-state index >= 15 is 0 Å². The van der Waals surface area contributed by atoms with Crippen LogP contribution in [0.4, 0.5) is 0 Å². The van der Waals surface area contributed by atoms with Crippen LogP contribution in [-0.2, 0) is 33.3 Å². The maximum Gasteiger partial charge on any atom is 0.303 e. The van der Waals surface area contributed by atoms with Gasteiger partial charge in [0.2, 0.25) is 0 Å². The molecule has 0 aliphatic carbocycles. The average Bonchev–Trinajstić information content (AvgIpc) is 3.01. The van der Waals surface area contributed by atoms with E-state index < -0.39 is 42.4 Å². The van der Waals surface area contributed by atoms with Gasteiger partial charge in [0.15, 0.2) is 18.4 Å². The minimum absolute atomic E-state index is 0.158. The highest BCUT2D eigenvalue weighted by Gasteiger charge is 2.51. The Hall–Kier alpha value is -2.49. The van der Waals surface area contributed by atoms with Crippen molar-refractivity contribution >= 4 is 17.9 Å². The maximum atomic E-state index is 11.4. The molecule has 1 fully saturated rings. The molecule has 0 N–H and O–H groups in total. The molecule has 0 radical (unpaired) electrons. The summed E-state index contributed by atoms with van der Waals surface area (Å²) in [5, 5.41) is 4.13. The van der Waals surface area contributed by atoms with Crippen LogP contribution >= 0.6 is 0 Å². The third kappa shape index (κ3) is 4.28. The average molecular weight is 341 g/mol. The Kier molecular flexibility index (Phi) is 5.50. The fraction of sp³-hybridized carbons (Fsp3) is 0.643. The molecule has 0 saturated carbocycles. The third-order valence-electron chi connectivity index (χ3n) is 3.22. The molecule has 1 aromatic rings. The zero-order chi connectivity index (χ0) is 17.9. The van der Waals surface area contributed by atoms with E-state index in [0.717, 1.165) is 0 Å². The first-order valence-corrected chi connectivity index (χ1v) is 7.29. The Morgan fingerprint density at radius 1 is 1.12 bits per heavy atom. The molecule has 0 amide bonds. The van der Waals surface area contributed by atoms with Crippen LogP contribution in [0.5, 0.6) is 0 Å². The Morgan fingerprint density at radius 3 is 2.25 bits per heavy atom. The van der Waals surface area contributed by atoms with Crippen molar-refractivity contribution in [3.05, 3.63) is 12.2 Å². The van der Waals surface area contributed by atoms with Gasteiger partial charge in [-0.15, -0.1) is 0 Å². The lowest BCUT2D eigenvalue weighted by Gasteiger charge is -2.23. The fourth-order valence-corrected chi connectivity index (χ4v) is 2.39. The van der Waals surface area contributed by atoms with Gasteiger partial charge in [0.1, 0.15) is 24.9 Å². The van der Waals surface area contributed by atoms with E-state index in [-0.39, 0.29) is 6.61 Å². The summed E-state index contributed by atoms with van der Waals surface area (Å²) >= 11 is 0. The summed E-state index contributed by atoms with van der Waals surface area (Å²) in [4.78, 5) is 37.9. The molecule has 1 aliphatic heterocycles. The van der Waals surface area contributed by atoms with Gasteiger partial charge in [0.05, 0.1) is 0 Å². The summed E-state index contributed by atoms with van der Waals surface area (Å²) in [5.41, 5.74) is 0. The largest absolute Gasteiger partial charge is 0.463 e. The zero-order valence-electron chi connectivity index (χ0n) is 13.8. The molecule has 1 aliphatic rings. The standard InChI is InChI=1S/C14H19N3O7/c1-7-15-6-17(16-7)14-13(23-10(4)20)12(22-9(3)19)11(24-14)5-21-8(2)18/h6,11-14H,5H2,1-4H3/t11-,12-,13-,14-/m1/s1. The van der Waals surface area contributed by atoms with Gasteiger partial charge in [-0.3, -0.25) is 14.4 Å². The summed E-state index contributed by atoms with van der Waals surface area (Å²) in [6.07, 6.45) is -2.15. The zero-order valence-corrected chi connectivity index (χ0v) is 13.8. The molecule has 10 nitrogen and oxygen atoms in total. The fourth-order valence-electron chi connectivity index (χ4n) is 2.39. The number of nitrogens with zero attached hydrogens (tertiary/aromatic N) is 3. The molecule has 1 aromatic heterocycles. The first kappa shape index (κ1) is 17.9. The second-order valence-corrected chi connectivity index (χ2v) is 5.29. The topological polar surface area (TPSA) is 119 Å². The summed E-state index contributed by atoms with van der Waals surface area (Å²) in [7, 11) is 0. The summed E-state index contributed by atoms with van der Waals surface area (Å²) in [6, 6.07) is 0. The van der Waals surface area contributed by atoms with Crippen molar-refractivity contribution in [2.75, 3.05) is 6.61 Å². The van der Waals surface area contributed by atoms with Gasteiger partial charge in [-0.05, 0) is 6.92 Å². The van der Waals surface area contributed by atoms with Crippen LogP contribution in [-0.4, -0.2) is 57.6 Å². The van der Waals surface area contributed by atoms with Crippen LogP contribution in [0.1, 0.15) is 32.8 Å². The Labute approximate surface area is 138 Å². The molecular weight excluding hydrogens is 322 g/mol. The highest BCUT2D eigenvalue weighted by molar-refractivity contribution is 5.67. The number of carbonyl (C=O) groups excluding carboxylic acids is 3. The van der Waals surface area contributed by atoms with Gasteiger partial charge in [0, 0.05) is 20.8 Å². The van der Waals surface area contributed by atoms with Gasteiger partial charge in [-0.25, -0.2) is 9.67 Å². The minimum Gasteiger partial charge on any atom is -0.463 e. The van der Waals surface area contributed by atoms with Crippen molar-refractivity contribution in [2.45, 2.75) is 52.2 Å². The van der Waals surface area contributed by atoms with Crippen molar-refractivity contribution in [1.29, 1.82) is 0 Å². The van der Waals surface area contributed by atoms with Crippen molar-refractivity contribution < 1.29 is 33.3 Å². The lowest BCUT2D eigenvalue weighted by atomic mass is 10.1. The summed E-state index contributed by atoms with van der Waals surface area (Å²) in [6.45, 7) is 5.23. The lowest BCUT2D eigenvalue weighted by Crippen LogP contribution is -2.40. The predicted octanol–water partition coefficient (Wildman–Crippen LogP) is -0.0896. The third-order valence-corrected chi connectivity index (χ3v) is 3.22. The summed E-state index contributed by atoms with van der Waals surface area (Å²) < 4.78 is 22.6. The molecule has 1 saturated heterocycles. The molecule has 2 rings (SSSR count). The number of aromatic nitrogens is 3. The van der Waals surface area contributed by atoms with Crippen LogP contribution in [0.3, 0.4) is 0 Å². The number of hydrogen-bond donors (Lipinski definition) is 0. The van der Waals surface area contributed by atoms with Crippen LogP contribution in [0.2, 0.25) is 0 Å². The van der Waals surface area contributed by atoms with Gasteiger partial charge in [-0.1, -0.05) is 0 Å². The smallest absolute Gasteiger partial charge is 0.303 e. The number of hydrogen-bond acceptors (Lipinski definition) is 9. The second kappa shape index (κ2) is 7.39. The van der Waals surface area contributed by atoms with Crippen LogP contribution < -0.4 is 0 Å². The van der Waals surface area contributed by atoms with Gasteiger partial charge >= 0.3 is 17.9 Å². The van der Waals surface area contributed by atoms with E-state index in [9.17, 15) is 14.4 Å². The van der Waals surface area contributed by atoms with E-state index in [1.165, 1.54) is 31.8 Å². The number of esters is 3. The second-order valence-electron chi connectivity index (χ2n) is 5.29. The van der Waals surface area contributed by atoms with Crippen LogP contribution in [0.15, 0.2) is 6.33 Å². The van der Waals surface area contributed by atoms with Crippen molar-refractivity contribution in [3.8, 4) is 0 Å². The van der Waals surface area contributed by atoms with Crippen LogP contribution in [0.25, 0.3) is 0 Å². The molecular formula is C14H19N3O7. The van der Waals surface area contributed by atoms with E-state index in [1.807, 2.05) is 0 Å². The lowest BCUT2D eigenvalue weighted by molar-refractivity contribution is -0.166. The monoisotopic (exact) mass is 341 g/mol. The minimum atomic E-state index is -0.951. The van der Waals surface area contributed by atoms with Crippen LogP contribution in [0, 0.1) is 6.92 Å². The molecule has 10 heteroatoms. The molecule has 0 unspecified atom stereocenters. The summed E-state index contributed by atoms with van der Waals surface area (Å²) in [5.74, 6) is -1.17. The molecule has 4 atom stereocenters. The molecule has 24 heavy (non-hydrogen) atoms. The molecule has 2 heterocycles. The van der Waals surface area contributed by atoms with Crippen molar-refractivity contribution in [1.82, 2.24) is 14.8 Å². The highest BCUT2D eigenvalue weighted by atomic mass is 16.7. The number of carbonyl (C=O) groups is 3. The van der Waals surface area contributed by atoms with E-state index in [1.54, 1.807) is 6.92 Å². The first-order valence-electron chi connectivity index (χ1n) is 7.29. The van der Waals surface area contributed by atoms with Gasteiger partial charge in [-0.2, -0.15) is 5.10 Å². The quantitative estimate of drug-likeness (QED) is 0.534. The van der Waals surface area contributed by atoms with Gasteiger partial charge < -0.3 is 18.9 Å². The first-order chi connectivity index (χ1) is 11.3. The van der Waals surface area contributed by atoms with Crippen molar-refractivity contribution in [2.24, 2.45) is 0 Å². The van der Waals surface area contributed by atoms with E-state index in [2.05, 4.69) is 10.1 Å². The highest BCUT2D eigenvalue weighted by Crippen LogP contribution is 2.33. The number of aryl methyl sites for hydroxylation is 1. The normalized spacial score (nSPS) is 26.0. The Balaban J connectivity index is 2.29. The number of ether oxygens (including phenoxy) is 4.